The molecule has 5 rings (SSSR count). The van der Waals surface area contributed by atoms with Gasteiger partial charge in [-0.2, -0.15) is 0 Å². The van der Waals surface area contributed by atoms with E-state index in [0.29, 0.717) is 12.3 Å². The highest BCUT2D eigenvalue weighted by molar-refractivity contribution is 6.23. The summed E-state index contributed by atoms with van der Waals surface area (Å²) in [5, 5.41) is 1.73. The molecule has 0 spiro atoms. The number of carbonyl (C=O) groups excluding carboxylic acids is 2. The van der Waals surface area contributed by atoms with E-state index >= 15 is 0 Å². The van der Waals surface area contributed by atoms with E-state index in [0.717, 1.165) is 29.0 Å². The van der Waals surface area contributed by atoms with E-state index < -0.39 is 18.1 Å². The highest BCUT2D eigenvalue weighted by atomic mass is 16.7. The number of anilines is 2. The molecule has 2 amide bonds. The number of unbranched alkanes of at least 4 members (excludes halogenated alkanes) is 5. The molecule has 38 heavy (non-hydrogen) atoms. The van der Waals surface area contributed by atoms with E-state index in [1.165, 1.54) is 37.0 Å². The molecule has 2 saturated heterocycles. The molecule has 0 radical (unpaired) electrons. The third kappa shape index (κ3) is 5.32. The third-order valence-electron chi connectivity index (χ3n) is 7.41. The molecule has 2 aliphatic heterocycles. The summed E-state index contributed by atoms with van der Waals surface area (Å²) in [7, 11) is 0. The Morgan fingerprint density at radius 3 is 2.16 bits per heavy atom. The zero-order valence-electron chi connectivity index (χ0n) is 22.2. The van der Waals surface area contributed by atoms with Gasteiger partial charge in [-0.3, -0.25) is 14.4 Å². The molecule has 2 heterocycles. The summed E-state index contributed by atoms with van der Waals surface area (Å²) in [4.78, 5) is 34.7. The molecule has 6 nitrogen and oxygen atoms in total. The summed E-state index contributed by atoms with van der Waals surface area (Å²) in [6, 6.07) is 24.5. The van der Waals surface area contributed by atoms with Gasteiger partial charge in [0.15, 0.2) is 6.10 Å². The molecule has 0 aliphatic carbocycles. The van der Waals surface area contributed by atoms with Crippen LogP contribution in [0.3, 0.4) is 0 Å². The van der Waals surface area contributed by atoms with Crippen LogP contribution in [0.5, 0.6) is 5.75 Å². The number of hydrogen-bond acceptors (Lipinski definition) is 5. The van der Waals surface area contributed by atoms with Gasteiger partial charge in [-0.25, -0.2) is 9.96 Å². The van der Waals surface area contributed by atoms with Crippen molar-refractivity contribution >= 4 is 23.2 Å². The van der Waals surface area contributed by atoms with Crippen molar-refractivity contribution in [2.75, 3.05) is 16.6 Å². The lowest BCUT2D eigenvalue weighted by Gasteiger charge is -2.29. The number of benzene rings is 3. The van der Waals surface area contributed by atoms with E-state index in [2.05, 4.69) is 6.92 Å². The molecule has 6 heteroatoms. The molecular formula is C32H36N2O4. The van der Waals surface area contributed by atoms with Crippen molar-refractivity contribution < 1.29 is 19.2 Å². The van der Waals surface area contributed by atoms with Crippen molar-refractivity contribution in [3.05, 3.63) is 90.0 Å². The van der Waals surface area contributed by atoms with Crippen LogP contribution in [-0.2, 0) is 14.4 Å². The van der Waals surface area contributed by atoms with Gasteiger partial charge in [-0.05, 0) is 55.3 Å². The molecule has 3 aromatic rings. The lowest BCUT2D eigenvalue weighted by molar-refractivity contribution is -0.126. The number of fused-ring (bicyclic) bond motifs is 1. The largest absolute Gasteiger partial charge is 0.494 e. The normalized spacial score (nSPS) is 20.7. The quantitative estimate of drug-likeness (QED) is 0.209. The first-order chi connectivity index (χ1) is 18.6. The Hall–Kier alpha value is -3.64. The summed E-state index contributed by atoms with van der Waals surface area (Å²) >= 11 is 0. The van der Waals surface area contributed by atoms with E-state index in [-0.39, 0.29) is 11.8 Å². The second-order valence-corrected chi connectivity index (χ2v) is 10.2. The predicted octanol–water partition coefficient (Wildman–Crippen LogP) is 6.79. The first-order valence-corrected chi connectivity index (χ1v) is 13.8. The van der Waals surface area contributed by atoms with Crippen molar-refractivity contribution in [1.82, 2.24) is 0 Å². The molecule has 198 valence electrons. The summed E-state index contributed by atoms with van der Waals surface area (Å²) in [5.74, 6) is -0.417. The molecule has 2 fully saturated rings. The Bertz CT molecular complexity index is 1230. The maximum absolute atomic E-state index is 13.8. The molecule has 3 atom stereocenters. The number of nitrogens with zero attached hydrogens (tertiary/aromatic N) is 2. The number of amides is 2. The Balaban J connectivity index is 1.35. The van der Waals surface area contributed by atoms with Gasteiger partial charge in [0.25, 0.3) is 5.91 Å². The van der Waals surface area contributed by atoms with E-state index in [1.54, 1.807) is 5.06 Å². The first-order valence-electron chi connectivity index (χ1n) is 13.8. The fourth-order valence-corrected chi connectivity index (χ4v) is 5.33. The lowest BCUT2D eigenvalue weighted by Crippen LogP contribution is -2.37. The summed E-state index contributed by atoms with van der Waals surface area (Å²) < 4.78 is 5.98. The second kappa shape index (κ2) is 11.8. The minimum absolute atomic E-state index is 0.240. The van der Waals surface area contributed by atoms with Crippen LogP contribution in [-0.4, -0.2) is 24.5 Å². The molecule has 0 bridgehead atoms. The zero-order valence-corrected chi connectivity index (χ0v) is 22.2. The van der Waals surface area contributed by atoms with Gasteiger partial charge in [-0.1, -0.05) is 87.1 Å². The van der Waals surface area contributed by atoms with Crippen LogP contribution in [0.4, 0.5) is 11.4 Å². The standard InChI is InChI=1S/C32H36N2O4/c1-3-4-5-6-7-11-22-37-27-20-16-24(17-21-27)29-28-30(38-34(29)26-12-9-8-10-13-26)32(36)33(31(28)35)25-18-14-23(2)15-19-25/h8-10,12-21,28-30H,3-7,11,22H2,1-2H3. The van der Waals surface area contributed by atoms with Gasteiger partial charge in [-0.15, -0.1) is 0 Å². The van der Waals surface area contributed by atoms with Gasteiger partial charge >= 0.3 is 0 Å². The van der Waals surface area contributed by atoms with Crippen LogP contribution in [0, 0.1) is 12.8 Å². The number of imide groups is 1. The van der Waals surface area contributed by atoms with Crippen molar-refractivity contribution in [2.24, 2.45) is 5.92 Å². The van der Waals surface area contributed by atoms with Crippen LogP contribution in [0.2, 0.25) is 0 Å². The predicted molar refractivity (Wildman–Crippen MR) is 149 cm³/mol. The Labute approximate surface area is 225 Å². The molecule has 0 N–H and O–H groups in total. The van der Waals surface area contributed by atoms with Gasteiger partial charge in [0.1, 0.15) is 11.7 Å². The average molecular weight is 513 g/mol. The summed E-state index contributed by atoms with van der Waals surface area (Å²) in [6.07, 6.45) is 6.43. The number of rotatable bonds is 11. The third-order valence-corrected chi connectivity index (χ3v) is 7.41. The molecule has 0 saturated carbocycles. The first kappa shape index (κ1) is 26.0. The number of hydrogen-bond donors (Lipinski definition) is 0. The van der Waals surface area contributed by atoms with Crippen LogP contribution in [0.1, 0.15) is 62.6 Å². The summed E-state index contributed by atoms with van der Waals surface area (Å²) in [6.45, 7) is 4.89. The van der Waals surface area contributed by atoms with Crippen molar-refractivity contribution in [1.29, 1.82) is 0 Å². The van der Waals surface area contributed by atoms with E-state index in [4.69, 9.17) is 9.57 Å². The minimum atomic E-state index is -0.877. The van der Waals surface area contributed by atoms with Gasteiger partial charge in [0.05, 0.1) is 24.0 Å². The number of para-hydroxylation sites is 1. The molecule has 3 unspecified atom stereocenters. The molecule has 3 aromatic carbocycles. The van der Waals surface area contributed by atoms with Crippen LogP contribution in [0.25, 0.3) is 0 Å². The maximum Gasteiger partial charge on any atom is 0.266 e. The summed E-state index contributed by atoms with van der Waals surface area (Å²) in [5.41, 5.74) is 3.35. The number of ether oxygens (including phenoxy) is 1. The van der Waals surface area contributed by atoms with Gasteiger partial charge < -0.3 is 4.74 Å². The topological polar surface area (TPSA) is 59.1 Å². The molecule has 2 aliphatic rings. The number of carbonyl (C=O) groups is 2. The average Bonchev–Trinajstić information content (AvgIpc) is 3.45. The highest BCUT2D eigenvalue weighted by Gasteiger charge is 2.60. The Kier molecular flexibility index (Phi) is 8.08. The van der Waals surface area contributed by atoms with Gasteiger partial charge in [0.2, 0.25) is 5.91 Å². The van der Waals surface area contributed by atoms with E-state index in [9.17, 15) is 9.59 Å². The van der Waals surface area contributed by atoms with Crippen LogP contribution in [0.15, 0.2) is 78.9 Å². The zero-order chi connectivity index (χ0) is 26.5. The van der Waals surface area contributed by atoms with Crippen molar-refractivity contribution in [3.8, 4) is 5.75 Å². The monoisotopic (exact) mass is 512 g/mol. The fourth-order valence-electron chi connectivity index (χ4n) is 5.33. The van der Waals surface area contributed by atoms with Crippen molar-refractivity contribution in [2.45, 2.75) is 64.5 Å². The van der Waals surface area contributed by atoms with Crippen LogP contribution >= 0.6 is 0 Å². The Morgan fingerprint density at radius 1 is 0.763 bits per heavy atom. The van der Waals surface area contributed by atoms with Crippen molar-refractivity contribution in [3.63, 3.8) is 0 Å². The number of hydroxylamine groups is 1. The highest BCUT2D eigenvalue weighted by Crippen LogP contribution is 2.47. The smallest absolute Gasteiger partial charge is 0.266 e. The molecule has 0 aromatic heterocycles. The number of aryl methyl sites for hydroxylation is 1. The van der Waals surface area contributed by atoms with Crippen LogP contribution < -0.4 is 14.7 Å². The lowest BCUT2D eigenvalue weighted by atomic mass is 9.90. The minimum Gasteiger partial charge on any atom is -0.494 e. The SMILES string of the molecule is CCCCCCCCOc1ccc(C2C3C(=O)N(c4ccc(C)cc4)C(=O)C3ON2c2ccccc2)cc1. The fraction of sp³-hybridized carbons (Fsp3) is 0.375. The van der Waals surface area contributed by atoms with Gasteiger partial charge in [0, 0.05) is 0 Å². The molecular weight excluding hydrogens is 476 g/mol. The van der Waals surface area contributed by atoms with E-state index in [1.807, 2.05) is 85.8 Å². The Morgan fingerprint density at radius 2 is 1.45 bits per heavy atom. The second-order valence-electron chi connectivity index (χ2n) is 10.2. The maximum atomic E-state index is 13.8.